The Kier molecular flexibility index (Phi) is 24.0. The van der Waals surface area contributed by atoms with Crippen molar-refractivity contribution in [2.75, 3.05) is 39.6 Å². The zero-order chi connectivity index (χ0) is 17.3. The number of carbonyl (C=O) groups is 1. The summed E-state index contributed by atoms with van der Waals surface area (Å²) in [7, 11) is 0. The predicted molar refractivity (Wildman–Crippen MR) is 86.3 cm³/mol. The van der Waals surface area contributed by atoms with Gasteiger partial charge in [0.1, 0.15) is 0 Å². The van der Waals surface area contributed by atoms with Crippen LogP contribution in [0.15, 0.2) is 25.3 Å². The maximum absolute atomic E-state index is 10.2. The maximum Gasteiger partial charge on any atom is 0.219 e. The summed E-state index contributed by atoms with van der Waals surface area (Å²) < 4.78 is 9.97. The molecule has 0 heterocycles. The summed E-state index contributed by atoms with van der Waals surface area (Å²) in [6.07, 6.45) is 4.54. The second kappa shape index (κ2) is 19.9. The Morgan fingerprint density at radius 1 is 1.26 bits per heavy atom. The molecular formula is C15H29N2O5Y-. The molecule has 1 amide bonds. The molecule has 0 rings (SSSR count). The maximum atomic E-state index is 10.2. The summed E-state index contributed by atoms with van der Waals surface area (Å²) in [6, 6.07) is 0. The predicted octanol–water partition coefficient (Wildman–Crippen LogP) is 2.19. The van der Waals surface area contributed by atoms with Gasteiger partial charge in [-0.3, -0.25) is 10.1 Å². The molecule has 0 aliphatic rings. The molecule has 0 aromatic rings. The molecule has 0 spiro atoms. The van der Waals surface area contributed by atoms with E-state index in [4.69, 9.17) is 26.2 Å². The van der Waals surface area contributed by atoms with Gasteiger partial charge < -0.3 is 20.9 Å². The Hall–Kier alpha value is -0.146. The Bertz CT molecular complexity index is 306. The normalized spacial score (nSPS) is 12.1. The molecule has 1 atom stereocenters. The second-order valence-electron chi connectivity index (χ2n) is 4.82. The molecule has 0 aromatic heterocycles. The van der Waals surface area contributed by atoms with Crippen LogP contribution in [0.1, 0.15) is 19.8 Å². The molecular weight excluding hydrogens is 377 g/mol. The Morgan fingerprint density at radius 3 is 2.22 bits per heavy atom. The molecule has 0 bridgehead atoms. The van der Waals surface area contributed by atoms with Gasteiger partial charge in [-0.15, -0.1) is 19.7 Å². The van der Waals surface area contributed by atoms with Gasteiger partial charge in [0, 0.05) is 51.2 Å². The fourth-order valence-electron chi connectivity index (χ4n) is 1.25. The largest absolute Gasteiger partial charge is 0.676 e. The van der Waals surface area contributed by atoms with Crippen LogP contribution in [-0.4, -0.2) is 50.7 Å². The third-order valence-corrected chi connectivity index (χ3v) is 2.61. The minimum atomic E-state index is -0.359. The molecule has 0 saturated carbocycles. The summed E-state index contributed by atoms with van der Waals surface area (Å²) in [5.41, 5.74) is 11.4. The summed E-state index contributed by atoms with van der Waals surface area (Å²) >= 11 is 0. The number of hydrogen-bond donors (Lipinski definition) is 2. The van der Waals surface area contributed by atoms with Crippen LogP contribution in [0.4, 0.5) is 0 Å². The quantitative estimate of drug-likeness (QED) is 0.211. The van der Waals surface area contributed by atoms with Gasteiger partial charge in [0.2, 0.25) is 5.91 Å². The van der Waals surface area contributed by atoms with Gasteiger partial charge in [0.25, 0.3) is 0 Å². The van der Waals surface area contributed by atoms with E-state index in [-0.39, 0.29) is 63.6 Å². The van der Waals surface area contributed by atoms with Crippen LogP contribution in [0.2, 0.25) is 0 Å². The van der Waals surface area contributed by atoms with Crippen molar-refractivity contribution in [1.82, 2.24) is 0 Å². The van der Waals surface area contributed by atoms with Crippen molar-refractivity contribution in [2.45, 2.75) is 19.8 Å². The Morgan fingerprint density at radius 2 is 1.83 bits per heavy atom. The standard InChI is InChI=1S/C8H14O2.C7H15N2O3.Y/c1-4-6-8(3,5-2)7-10-9;8-2-4-12-6-5-11-3-1-7(9)10;/h4-5,9H,1-2,6-7H2,3H3;8H,1-6H2,(H2,9,10);/q;-1;. The smallest absolute Gasteiger partial charge is 0.219 e. The molecule has 0 saturated heterocycles. The van der Waals surface area contributed by atoms with Crippen LogP contribution in [-0.2, 0) is 51.9 Å². The molecule has 7 nitrogen and oxygen atoms in total. The van der Waals surface area contributed by atoms with Gasteiger partial charge in [-0.1, -0.05) is 19.1 Å². The molecule has 1 radical (unpaired) electrons. The summed E-state index contributed by atoms with van der Waals surface area (Å²) in [4.78, 5) is 14.3. The van der Waals surface area contributed by atoms with E-state index in [0.29, 0.717) is 26.4 Å². The van der Waals surface area contributed by atoms with Crippen LogP contribution in [0.5, 0.6) is 0 Å². The number of allylic oxidation sites excluding steroid dienone is 1. The van der Waals surface area contributed by atoms with Crippen molar-refractivity contribution < 1.29 is 57.1 Å². The first-order valence-corrected chi connectivity index (χ1v) is 7.05. The first-order chi connectivity index (χ1) is 10.5. The number of amides is 1. The number of carbonyl (C=O) groups excluding carboxylic acids is 1. The van der Waals surface area contributed by atoms with E-state index < -0.39 is 0 Å². The molecule has 133 valence electrons. The molecule has 0 aromatic carbocycles. The zero-order valence-electron chi connectivity index (χ0n) is 14.0. The summed E-state index contributed by atoms with van der Waals surface area (Å²) in [6.45, 7) is 11.4. The van der Waals surface area contributed by atoms with Crippen LogP contribution >= 0.6 is 0 Å². The number of ether oxygens (including phenoxy) is 2. The van der Waals surface area contributed by atoms with E-state index in [1.54, 1.807) is 12.2 Å². The summed E-state index contributed by atoms with van der Waals surface area (Å²) in [5.74, 6) is -0.359. The molecule has 1 unspecified atom stereocenters. The van der Waals surface area contributed by atoms with E-state index >= 15 is 0 Å². The Labute approximate surface area is 164 Å². The van der Waals surface area contributed by atoms with Gasteiger partial charge in [0.05, 0.1) is 26.4 Å². The van der Waals surface area contributed by atoms with E-state index in [1.165, 1.54) is 0 Å². The first-order valence-electron chi connectivity index (χ1n) is 7.05. The third kappa shape index (κ3) is 21.9. The van der Waals surface area contributed by atoms with Gasteiger partial charge in [0.15, 0.2) is 0 Å². The first kappa shape index (κ1) is 27.7. The van der Waals surface area contributed by atoms with E-state index in [1.807, 2.05) is 6.92 Å². The van der Waals surface area contributed by atoms with Gasteiger partial charge in [-0.2, -0.15) is 0 Å². The molecule has 4 N–H and O–H groups in total. The zero-order valence-corrected chi connectivity index (χ0v) is 16.8. The van der Waals surface area contributed by atoms with Crippen molar-refractivity contribution in [3.63, 3.8) is 0 Å². The number of nitrogens with one attached hydrogen (secondary N) is 1. The van der Waals surface area contributed by atoms with E-state index in [2.05, 4.69) is 18.0 Å². The molecule has 0 aliphatic carbocycles. The molecule has 0 aliphatic heterocycles. The average Bonchev–Trinajstić information content (AvgIpc) is 2.47. The van der Waals surface area contributed by atoms with Crippen molar-refractivity contribution in [3.8, 4) is 0 Å². The SMILES string of the molecule is C=CCC(C)(C=C)COO.[NH-]CCOCCOCCC(N)=O.[Y]. The van der Waals surface area contributed by atoms with Crippen molar-refractivity contribution in [3.05, 3.63) is 31.0 Å². The molecule has 23 heavy (non-hydrogen) atoms. The molecule has 8 heteroatoms. The minimum absolute atomic E-state index is 0. The van der Waals surface area contributed by atoms with Crippen molar-refractivity contribution in [1.29, 1.82) is 0 Å². The topological polar surface area (TPSA) is 115 Å². The average molecular weight is 406 g/mol. The number of hydrogen-bond acceptors (Lipinski definition) is 5. The number of primary amides is 1. The van der Waals surface area contributed by atoms with Crippen LogP contribution < -0.4 is 5.73 Å². The van der Waals surface area contributed by atoms with Crippen LogP contribution in [0, 0.1) is 5.41 Å². The fourth-order valence-corrected chi connectivity index (χ4v) is 1.25. The van der Waals surface area contributed by atoms with Crippen LogP contribution in [0.25, 0.3) is 5.73 Å². The van der Waals surface area contributed by atoms with Gasteiger partial charge in [-0.05, 0) is 6.42 Å². The monoisotopic (exact) mass is 406 g/mol. The van der Waals surface area contributed by atoms with Gasteiger partial charge >= 0.3 is 0 Å². The Balaban J connectivity index is -0.000000338. The minimum Gasteiger partial charge on any atom is -0.676 e. The summed E-state index contributed by atoms with van der Waals surface area (Å²) in [5, 5.41) is 8.18. The van der Waals surface area contributed by atoms with Crippen molar-refractivity contribution >= 4 is 5.91 Å². The van der Waals surface area contributed by atoms with E-state index in [0.717, 1.165) is 6.42 Å². The number of rotatable bonds is 13. The fraction of sp³-hybridized carbons (Fsp3) is 0.667. The number of nitrogens with two attached hydrogens (primary N) is 1. The van der Waals surface area contributed by atoms with Gasteiger partial charge in [-0.25, -0.2) is 4.89 Å². The second-order valence-corrected chi connectivity index (χ2v) is 4.82. The van der Waals surface area contributed by atoms with E-state index in [9.17, 15) is 4.79 Å². The third-order valence-electron chi connectivity index (χ3n) is 2.61. The molecule has 0 fully saturated rings. The van der Waals surface area contributed by atoms with Crippen molar-refractivity contribution in [2.24, 2.45) is 11.1 Å². The van der Waals surface area contributed by atoms with Crippen LogP contribution in [0.3, 0.4) is 0 Å².